The molecule has 0 saturated heterocycles. The van der Waals surface area contributed by atoms with Crippen molar-refractivity contribution in [2.75, 3.05) is 6.61 Å². The minimum atomic E-state index is -0.171. The highest BCUT2D eigenvalue weighted by Gasteiger charge is 2.07. The smallest absolute Gasteiger partial charge is 0.258 e. The van der Waals surface area contributed by atoms with E-state index in [4.69, 9.17) is 16.3 Å². The molecular weight excluding hydrogens is 286 g/mol. The highest BCUT2D eigenvalue weighted by atomic mass is 35.5. The van der Waals surface area contributed by atoms with Crippen LogP contribution in [-0.2, 0) is 11.3 Å². The van der Waals surface area contributed by atoms with Crippen LogP contribution < -0.4 is 10.1 Å². The zero-order valence-corrected chi connectivity index (χ0v) is 12.9. The first-order chi connectivity index (χ1) is 10.1. The molecule has 0 aliphatic heterocycles. The topological polar surface area (TPSA) is 38.3 Å². The molecule has 0 fully saturated rings. The van der Waals surface area contributed by atoms with E-state index >= 15 is 0 Å². The average Bonchev–Trinajstić information content (AvgIpc) is 2.48. The standard InChI is InChI=1S/C17H18ClNO2/c1-12-6-5-9-16(13(12)2)21-11-17(20)19-10-14-7-3-4-8-15(14)18/h3-9H,10-11H2,1-2H3,(H,19,20). The summed E-state index contributed by atoms with van der Waals surface area (Å²) in [5.41, 5.74) is 3.08. The Morgan fingerprint density at radius 3 is 2.67 bits per heavy atom. The van der Waals surface area contributed by atoms with Gasteiger partial charge >= 0.3 is 0 Å². The first-order valence-corrected chi connectivity index (χ1v) is 7.15. The van der Waals surface area contributed by atoms with Crippen LogP contribution in [0.25, 0.3) is 0 Å². The number of halogens is 1. The summed E-state index contributed by atoms with van der Waals surface area (Å²) >= 11 is 6.04. The number of hydrogen-bond acceptors (Lipinski definition) is 2. The van der Waals surface area contributed by atoms with Crippen molar-refractivity contribution >= 4 is 17.5 Å². The Bertz CT molecular complexity index is 640. The fourth-order valence-corrected chi connectivity index (χ4v) is 2.11. The van der Waals surface area contributed by atoms with Crippen LogP contribution in [0, 0.1) is 13.8 Å². The number of ether oxygens (including phenoxy) is 1. The van der Waals surface area contributed by atoms with Gasteiger partial charge < -0.3 is 10.1 Å². The summed E-state index contributed by atoms with van der Waals surface area (Å²) in [5, 5.41) is 3.44. The molecule has 0 spiro atoms. The van der Waals surface area contributed by atoms with Crippen molar-refractivity contribution in [3.8, 4) is 5.75 Å². The third kappa shape index (κ3) is 4.23. The fourth-order valence-electron chi connectivity index (χ4n) is 1.91. The fraction of sp³-hybridized carbons (Fsp3) is 0.235. The number of carbonyl (C=O) groups excluding carboxylic acids is 1. The van der Waals surface area contributed by atoms with Gasteiger partial charge in [-0.3, -0.25) is 4.79 Å². The van der Waals surface area contributed by atoms with Crippen LogP contribution in [0.3, 0.4) is 0 Å². The molecule has 110 valence electrons. The molecule has 0 saturated carbocycles. The van der Waals surface area contributed by atoms with Crippen molar-refractivity contribution in [1.29, 1.82) is 0 Å². The lowest BCUT2D eigenvalue weighted by Gasteiger charge is -2.11. The Balaban J connectivity index is 1.85. The van der Waals surface area contributed by atoms with E-state index in [1.165, 1.54) is 0 Å². The van der Waals surface area contributed by atoms with E-state index < -0.39 is 0 Å². The van der Waals surface area contributed by atoms with Crippen molar-refractivity contribution < 1.29 is 9.53 Å². The van der Waals surface area contributed by atoms with Gasteiger partial charge in [0.15, 0.2) is 6.61 Å². The van der Waals surface area contributed by atoms with Crippen LogP contribution in [0.15, 0.2) is 42.5 Å². The van der Waals surface area contributed by atoms with Crippen molar-refractivity contribution in [2.45, 2.75) is 20.4 Å². The van der Waals surface area contributed by atoms with Gasteiger partial charge in [0.25, 0.3) is 5.91 Å². The molecule has 0 aliphatic rings. The second kappa shape index (κ2) is 7.14. The molecular formula is C17H18ClNO2. The Labute approximate surface area is 129 Å². The molecule has 0 aromatic heterocycles. The number of rotatable bonds is 5. The molecule has 2 aromatic rings. The minimum absolute atomic E-state index is 0.00521. The molecule has 21 heavy (non-hydrogen) atoms. The number of nitrogens with one attached hydrogen (secondary N) is 1. The van der Waals surface area contributed by atoms with Crippen LogP contribution >= 0.6 is 11.6 Å². The summed E-state index contributed by atoms with van der Waals surface area (Å²) in [6.07, 6.45) is 0. The molecule has 2 aromatic carbocycles. The molecule has 3 nitrogen and oxygen atoms in total. The first kappa shape index (κ1) is 15.4. The van der Waals surface area contributed by atoms with Crippen LogP contribution in [0.5, 0.6) is 5.75 Å². The largest absolute Gasteiger partial charge is 0.483 e. The van der Waals surface area contributed by atoms with Gasteiger partial charge in [-0.05, 0) is 42.7 Å². The predicted molar refractivity (Wildman–Crippen MR) is 84.7 cm³/mol. The summed E-state index contributed by atoms with van der Waals surface area (Å²) in [7, 11) is 0. The van der Waals surface area contributed by atoms with Gasteiger partial charge in [0, 0.05) is 11.6 Å². The summed E-state index contributed by atoms with van der Waals surface area (Å²) in [6.45, 7) is 4.38. The van der Waals surface area contributed by atoms with E-state index in [0.717, 1.165) is 22.4 Å². The van der Waals surface area contributed by atoms with Gasteiger partial charge in [0.2, 0.25) is 0 Å². The maximum Gasteiger partial charge on any atom is 0.258 e. The van der Waals surface area contributed by atoms with Crippen LogP contribution in [-0.4, -0.2) is 12.5 Å². The Kier molecular flexibility index (Phi) is 5.23. The maximum absolute atomic E-state index is 11.8. The van der Waals surface area contributed by atoms with Gasteiger partial charge in [-0.1, -0.05) is 41.9 Å². The first-order valence-electron chi connectivity index (χ1n) is 6.77. The number of aryl methyl sites for hydroxylation is 1. The molecule has 2 rings (SSSR count). The molecule has 4 heteroatoms. The van der Waals surface area contributed by atoms with Crippen LogP contribution in [0.2, 0.25) is 5.02 Å². The van der Waals surface area contributed by atoms with E-state index in [1.807, 2.05) is 50.2 Å². The summed E-state index contributed by atoms with van der Waals surface area (Å²) in [5.74, 6) is 0.568. The van der Waals surface area contributed by atoms with Gasteiger partial charge in [-0.2, -0.15) is 0 Å². The van der Waals surface area contributed by atoms with E-state index in [9.17, 15) is 4.79 Å². The Hall–Kier alpha value is -2.00. The monoisotopic (exact) mass is 303 g/mol. The highest BCUT2D eigenvalue weighted by Crippen LogP contribution is 2.20. The molecule has 0 unspecified atom stereocenters. The van der Waals surface area contributed by atoms with Crippen molar-refractivity contribution in [2.24, 2.45) is 0 Å². The molecule has 0 bridgehead atoms. The summed E-state index contributed by atoms with van der Waals surface area (Å²) in [4.78, 5) is 11.8. The normalized spacial score (nSPS) is 10.2. The lowest BCUT2D eigenvalue weighted by atomic mass is 10.1. The van der Waals surface area contributed by atoms with Gasteiger partial charge in [0.1, 0.15) is 5.75 Å². The third-order valence-corrected chi connectivity index (χ3v) is 3.72. The highest BCUT2D eigenvalue weighted by molar-refractivity contribution is 6.31. The zero-order valence-electron chi connectivity index (χ0n) is 12.2. The van der Waals surface area contributed by atoms with Crippen LogP contribution in [0.1, 0.15) is 16.7 Å². The number of hydrogen-bond donors (Lipinski definition) is 1. The second-order valence-corrected chi connectivity index (χ2v) is 5.26. The van der Waals surface area contributed by atoms with Gasteiger partial charge in [0.05, 0.1) is 0 Å². The Morgan fingerprint density at radius 1 is 1.14 bits per heavy atom. The molecule has 0 radical (unpaired) electrons. The average molecular weight is 304 g/mol. The lowest BCUT2D eigenvalue weighted by Crippen LogP contribution is -2.28. The molecule has 0 heterocycles. The van der Waals surface area contributed by atoms with Crippen molar-refractivity contribution in [1.82, 2.24) is 5.32 Å². The minimum Gasteiger partial charge on any atom is -0.483 e. The van der Waals surface area contributed by atoms with Crippen molar-refractivity contribution in [3.05, 3.63) is 64.2 Å². The van der Waals surface area contributed by atoms with Gasteiger partial charge in [-0.25, -0.2) is 0 Å². The van der Waals surface area contributed by atoms with Crippen molar-refractivity contribution in [3.63, 3.8) is 0 Å². The summed E-state index contributed by atoms with van der Waals surface area (Å²) in [6, 6.07) is 13.2. The maximum atomic E-state index is 11.8. The number of benzene rings is 2. The zero-order chi connectivity index (χ0) is 15.2. The SMILES string of the molecule is Cc1cccc(OCC(=O)NCc2ccccc2Cl)c1C. The number of carbonyl (C=O) groups is 1. The molecule has 0 aliphatic carbocycles. The third-order valence-electron chi connectivity index (χ3n) is 3.35. The van der Waals surface area contributed by atoms with Gasteiger partial charge in [-0.15, -0.1) is 0 Å². The second-order valence-electron chi connectivity index (χ2n) is 4.85. The van der Waals surface area contributed by atoms with E-state index in [-0.39, 0.29) is 12.5 Å². The number of amides is 1. The molecule has 0 atom stereocenters. The molecule has 1 amide bonds. The lowest BCUT2D eigenvalue weighted by molar-refractivity contribution is -0.123. The predicted octanol–water partition coefficient (Wildman–Crippen LogP) is 3.65. The van der Waals surface area contributed by atoms with E-state index in [1.54, 1.807) is 6.07 Å². The van der Waals surface area contributed by atoms with E-state index in [0.29, 0.717) is 11.6 Å². The molecule has 1 N–H and O–H groups in total. The Morgan fingerprint density at radius 2 is 1.90 bits per heavy atom. The van der Waals surface area contributed by atoms with Crippen LogP contribution in [0.4, 0.5) is 0 Å². The quantitative estimate of drug-likeness (QED) is 0.915. The summed E-state index contributed by atoms with van der Waals surface area (Å²) < 4.78 is 5.55. The van der Waals surface area contributed by atoms with E-state index in [2.05, 4.69) is 5.32 Å².